The van der Waals surface area contributed by atoms with Gasteiger partial charge in [-0.05, 0) is 38.2 Å². The van der Waals surface area contributed by atoms with Crippen molar-refractivity contribution in [1.82, 2.24) is 24.7 Å². The Bertz CT molecular complexity index is 691. The van der Waals surface area contributed by atoms with Crippen LogP contribution in [0, 0.1) is 5.92 Å². The van der Waals surface area contributed by atoms with Crippen molar-refractivity contribution in [3.63, 3.8) is 0 Å². The maximum absolute atomic E-state index is 13.0. The Kier molecular flexibility index (Phi) is 6.71. The van der Waals surface area contributed by atoms with Crippen LogP contribution in [0.2, 0.25) is 0 Å². The summed E-state index contributed by atoms with van der Waals surface area (Å²) in [5.41, 5.74) is 0. The molecule has 3 aliphatic rings. The zero-order valence-electron chi connectivity index (χ0n) is 17.0. The fourth-order valence-corrected chi connectivity index (χ4v) is 4.27. The van der Waals surface area contributed by atoms with E-state index in [1.165, 1.54) is 0 Å². The van der Waals surface area contributed by atoms with Gasteiger partial charge in [-0.2, -0.15) is 0 Å². The lowest BCUT2D eigenvalue weighted by atomic mass is 10.0. The van der Waals surface area contributed by atoms with E-state index < -0.39 is 0 Å². The van der Waals surface area contributed by atoms with Crippen LogP contribution in [-0.4, -0.2) is 95.0 Å². The summed E-state index contributed by atoms with van der Waals surface area (Å²) in [6, 6.07) is 1.80. The zero-order valence-corrected chi connectivity index (χ0v) is 17.0. The second kappa shape index (κ2) is 9.63. The van der Waals surface area contributed by atoms with E-state index in [-0.39, 0.29) is 29.6 Å². The topological polar surface area (TPSA) is 78.9 Å². The highest BCUT2D eigenvalue weighted by Gasteiger charge is 2.38. The maximum atomic E-state index is 13.0. The minimum Gasteiger partial charge on any atom is -0.379 e. The van der Waals surface area contributed by atoms with Gasteiger partial charge in [0, 0.05) is 63.6 Å². The summed E-state index contributed by atoms with van der Waals surface area (Å²) >= 11 is 0. The van der Waals surface area contributed by atoms with E-state index in [0.29, 0.717) is 13.1 Å². The molecule has 0 spiro atoms. The Morgan fingerprint density at radius 3 is 2.59 bits per heavy atom. The first-order chi connectivity index (χ1) is 14.2. The van der Waals surface area contributed by atoms with Gasteiger partial charge in [0.1, 0.15) is 0 Å². The SMILES string of the molecule is O=C(c1ncccn1)N1CCCC(N(CCCN2CCOCC2)C(=O)C2CC2)C1. The third-order valence-electron chi connectivity index (χ3n) is 6.07. The van der Waals surface area contributed by atoms with Gasteiger partial charge in [0.2, 0.25) is 11.7 Å². The Labute approximate surface area is 172 Å². The number of aromatic nitrogens is 2. The molecule has 2 amide bonds. The van der Waals surface area contributed by atoms with Crippen LogP contribution < -0.4 is 0 Å². The molecule has 1 atom stereocenters. The first-order valence-electron chi connectivity index (χ1n) is 10.9. The predicted molar refractivity (Wildman–Crippen MR) is 107 cm³/mol. The molecule has 2 aliphatic heterocycles. The standard InChI is InChI=1S/C21H31N5O3/c27-20(17-5-6-17)26(11-3-9-24-12-14-29-15-13-24)18-4-1-10-25(16-18)21(28)19-22-7-2-8-23-19/h2,7-8,17-18H,1,3-6,9-16H2. The number of piperidine rings is 1. The molecule has 2 saturated heterocycles. The van der Waals surface area contributed by atoms with E-state index in [0.717, 1.165) is 71.5 Å². The summed E-state index contributed by atoms with van der Waals surface area (Å²) in [6.45, 7) is 6.57. The third-order valence-corrected chi connectivity index (χ3v) is 6.07. The van der Waals surface area contributed by atoms with Gasteiger partial charge in [-0.25, -0.2) is 9.97 Å². The predicted octanol–water partition coefficient (Wildman–Crippen LogP) is 1.04. The molecule has 0 bridgehead atoms. The molecule has 0 aromatic carbocycles. The molecule has 4 rings (SSSR count). The molecular weight excluding hydrogens is 370 g/mol. The van der Waals surface area contributed by atoms with Gasteiger partial charge in [0.25, 0.3) is 5.91 Å². The van der Waals surface area contributed by atoms with E-state index in [4.69, 9.17) is 4.74 Å². The summed E-state index contributed by atoms with van der Waals surface area (Å²) in [5, 5.41) is 0. The van der Waals surface area contributed by atoms with Crippen LogP contribution in [0.15, 0.2) is 18.5 Å². The summed E-state index contributed by atoms with van der Waals surface area (Å²) < 4.78 is 5.42. The summed E-state index contributed by atoms with van der Waals surface area (Å²) in [7, 11) is 0. The number of morpholine rings is 1. The normalized spacial score (nSPS) is 23.0. The van der Waals surface area contributed by atoms with Crippen molar-refractivity contribution in [3.05, 3.63) is 24.3 Å². The van der Waals surface area contributed by atoms with Gasteiger partial charge in [-0.1, -0.05) is 0 Å². The van der Waals surface area contributed by atoms with Crippen LogP contribution in [0.4, 0.5) is 0 Å². The van der Waals surface area contributed by atoms with Crippen molar-refractivity contribution >= 4 is 11.8 Å². The monoisotopic (exact) mass is 401 g/mol. The largest absolute Gasteiger partial charge is 0.379 e. The molecule has 158 valence electrons. The molecule has 0 N–H and O–H groups in total. The Balaban J connectivity index is 1.37. The molecule has 8 heteroatoms. The van der Waals surface area contributed by atoms with Crippen LogP contribution in [0.5, 0.6) is 0 Å². The fourth-order valence-electron chi connectivity index (χ4n) is 4.27. The van der Waals surface area contributed by atoms with E-state index in [1.807, 2.05) is 4.90 Å². The number of likely N-dealkylation sites (tertiary alicyclic amines) is 1. The average molecular weight is 402 g/mol. The Morgan fingerprint density at radius 2 is 1.86 bits per heavy atom. The first kappa shape index (κ1) is 20.2. The number of hydrogen-bond donors (Lipinski definition) is 0. The number of carbonyl (C=O) groups excluding carboxylic acids is 2. The average Bonchev–Trinajstić information content (AvgIpc) is 3.63. The van der Waals surface area contributed by atoms with Crippen LogP contribution >= 0.6 is 0 Å². The third kappa shape index (κ3) is 5.30. The minimum atomic E-state index is -0.137. The van der Waals surface area contributed by atoms with Gasteiger partial charge < -0.3 is 14.5 Å². The minimum absolute atomic E-state index is 0.0919. The lowest BCUT2D eigenvalue weighted by molar-refractivity contribution is -0.136. The number of ether oxygens (including phenoxy) is 1. The van der Waals surface area contributed by atoms with Gasteiger partial charge in [-0.3, -0.25) is 14.5 Å². The van der Waals surface area contributed by atoms with E-state index >= 15 is 0 Å². The van der Waals surface area contributed by atoms with Gasteiger partial charge in [0.05, 0.1) is 13.2 Å². The van der Waals surface area contributed by atoms with Crippen molar-refractivity contribution in [2.24, 2.45) is 5.92 Å². The summed E-state index contributed by atoms with van der Waals surface area (Å²) in [6.07, 6.45) is 8.02. The molecule has 8 nitrogen and oxygen atoms in total. The molecule has 1 unspecified atom stereocenters. The zero-order chi connectivity index (χ0) is 20.1. The molecule has 1 aliphatic carbocycles. The summed E-state index contributed by atoms with van der Waals surface area (Å²) in [4.78, 5) is 40.3. The Hall–Kier alpha value is -2.06. The lowest BCUT2D eigenvalue weighted by Gasteiger charge is -2.39. The van der Waals surface area contributed by atoms with E-state index in [2.05, 4.69) is 19.8 Å². The van der Waals surface area contributed by atoms with E-state index in [9.17, 15) is 9.59 Å². The van der Waals surface area contributed by atoms with Crippen LogP contribution in [-0.2, 0) is 9.53 Å². The van der Waals surface area contributed by atoms with E-state index in [1.54, 1.807) is 18.5 Å². The van der Waals surface area contributed by atoms with Gasteiger partial charge in [-0.15, -0.1) is 0 Å². The molecular formula is C21H31N5O3. The van der Waals surface area contributed by atoms with Gasteiger partial charge >= 0.3 is 0 Å². The summed E-state index contributed by atoms with van der Waals surface area (Å²) in [5.74, 6) is 0.576. The number of amides is 2. The van der Waals surface area contributed by atoms with Crippen molar-refractivity contribution in [2.75, 3.05) is 52.5 Å². The number of hydrogen-bond acceptors (Lipinski definition) is 6. The smallest absolute Gasteiger partial charge is 0.291 e. The van der Waals surface area contributed by atoms with Crippen molar-refractivity contribution in [3.8, 4) is 0 Å². The highest BCUT2D eigenvalue weighted by molar-refractivity contribution is 5.90. The number of nitrogens with zero attached hydrogens (tertiary/aromatic N) is 5. The number of rotatable bonds is 7. The second-order valence-electron chi connectivity index (χ2n) is 8.23. The van der Waals surface area contributed by atoms with Crippen LogP contribution in [0.1, 0.15) is 42.7 Å². The fraction of sp³-hybridized carbons (Fsp3) is 0.714. The lowest BCUT2D eigenvalue weighted by Crippen LogP contribution is -2.53. The molecule has 1 aromatic rings. The molecule has 3 fully saturated rings. The molecule has 1 aromatic heterocycles. The second-order valence-corrected chi connectivity index (χ2v) is 8.23. The van der Waals surface area contributed by atoms with Crippen molar-refractivity contribution < 1.29 is 14.3 Å². The highest BCUT2D eigenvalue weighted by Crippen LogP contribution is 2.33. The Morgan fingerprint density at radius 1 is 1.10 bits per heavy atom. The van der Waals surface area contributed by atoms with Crippen molar-refractivity contribution in [2.45, 2.75) is 38.1 Å². The molecule has 3 heterocycles. The maximum Gasteiger partial charge on any atom is 0.291 e. The molecule has 29 heavy (non-hydrogen) atoms. The quantitative estimate of drug-likeness (QED) is 0.679. The van der Waals surface area contributed by atoms with Crippen molar-refractivity contribution in [1.29, 1.82) is 0 Å². The molecule has 1 saturated carbocycles. The van der Waals surface area contributed by atoms with Crippen LogP contribution in [0.25, 0.3) is 0 Å². The highest BCUT2D eigenvalue weighted by atomic mass is 16.5. The van der Waals surface area contributed by atoms with Crippen LogP contribution in [0.3, 0.4) is 0 Å². The number of carbonyl (C=O) groups is 2. The van der Waals surface area contributed by atoms with Gasteiger partial charge in [0.15, 0.2) is 0 Å². The first-order valence-corrected chi connectivity index (χ1v) is 10.9. The molecule has 0 radical (unpaired) electrons.